The summed E-state index contributed by atoms with van der Waals surface area (Å²) in [5, 5.41) is 8.73. The molecular formula is C16H15NO4. The number of hydrogen-bond acceptors (Lipinski definition) is 4. The highest BCUT2D eigenvalue weighted by Crippen LogP contribution is 2.26. The summed E-state index contributed by atoms with van der Waals surface area (Å²) in [6, 6.07) is 8.95. The Kier molecular flexibility index (Phi) is 4.93. The number of carboxylic acids is 1. The van der Waals surface area contributed by atoms with Crippen molar-refractivity contribution in [1.29, 1.82) is 0 Å². The third kappa shape index (κ3) is 4.35. The molecule has 108 valence electrons. The predicted octanol–water partition coefficient (Wildman–Crippen LogP) is 2.77. The summed E-state index contributed by atoms with van der Waals surface area (Å²) in [5.74, 6) is 0.208. The van der Waals surface area contributed by atoms with E-state index in [-0.39, 0.29) is 0 Å². The van der Waals surface area contributed by atoms with Crippen LogP contribution >= 0.6 is 0 Å². The highest BCUT2D eigenvalue weighted by molar-refractivity contribution is 5.86. The Labute approximate surface area is 122 Å². The average Bonchev–Trinajstić information content (AvgIpc) is 2.52. The topological polar surface area (TPSA) is 68.7 Å². The van der Waals surface area contributed by atoms with Crippen LogP contribution in [0.5, 0.6) is 11.5 Å². The molecule has 0 fully saturated rings. The van der Waals surface area contributed by atoms with Crippen molar-refractivity contribution >= 4 is 12.0 Å². The Morgan fingerprint density at radius 3 is 2.71 bits per heavy atom. The number of carboxylic acid groups (broad SMARTS) is 1. The summed E-state index contributed by atoms with van der Waals surface area (Å²) in [6.07, 6.45) is 5.93. The van der Waals surface area contributed by atoms with Gasteiger partial charge in [-0.05, 0) is 42.0 Å². The third-order valence-electron chi connectivity index (χ3n) is 2.77. The van der Waals surface area contributed by atoms with Gasteiger partial charge in [-0.25, -0.2) is 4.79 Å². The van der Waals surface area contributed by atoms with Gasteiger partial charge in [-0.1, -0.05) is 0 Å². The van der Waals surface area contributed by atoms with Gasteiger partial charge in [0.1, 0.15) is 18.1 Å². The fraction of sp³-hybridized carbons (Fsp3) is 0.125. The lowest BCUT2D eigenvalue weighted by Crippen LogP contribution is -1.98. The normalized spacial score (nSPS) is 10.5. The Morgan fingerprint density at radius 2 is 2.05 bits per heavy atom. The molecule has 0 bridgehead atoms. The fourth-order valence-corrected chi connectivity index (χ4v) is 1.72. The molecule has 0 unspecified atom stereocenters. The zero-order chi connectivity index (χ0) is 15.1. The number of benzene rings is 1. The van der Waals surface area contributed by atoms with Crippen LogP contribution in [-0.4, -0.2) is 23.2 Å². The van der Waals surface area contributed by atoms with E-state index in [0.717, 1.165) is 11.6 Å². The zero-order valence-corrected chi connectivity index (χ0v) is 11.5. The second kappa shape index (κ2) is 7.09. The fourth-order valence-electron chi connectivity index (χ4n) is 1.72. The van der Waals surface area contributed by atoms with E-state index in [1.54, 1.807) is 37.7 Å². The van der Waals surface area contributed by atoms with Crippen molar-refractivity contribution in [2.75, 3.05) is 7.11 Å². The molecule has 1 aromatic heterocycles. The summed E-state index contributed by atoms with van der Waals surface area (Å²) >= 11 is 0. The van der Waals surface area contributed by atoms with Crippen LogP contribution in [0.3, 0.4) is 0 Å². The molecule has 0 aliphatic carbocycles. The maximum Gasteiger partial charge on any atom is 0.328 e. The Hall–Kier alpha value is -2.82. The van der Waals surface area contributed by atoms with Crippen LogP contribution in [0, 0.1) is 0 Å². The molecule has 5 nitrogen and oxygen atoms in total. The van der Waals surface area contributed by atoms with Crippen molar-refractivity contribution in [3.8, 4) is 11.5 Å². The molecule has 0 aliphatic heterocycles. The lowest BCUT2D eigenvalue weighted by Gasteiger charge is -2.10. The van der Waals surface area contributed by atoms with Crippen LogP contribution in [0.2, 0.25) is 0 Å². The number of nitrogens with zero attached hydrogens (tertiary/aromatic N) is 1. The molecule has 2 rings (SSSR count). The molecule has 0 atom stereocenters. The van der Waals surface area contributed by atoms with Gasteiger partial charge in [-0.15, -0.1) is 0 Å². The van der Waals surface area contributed by atoms with Gasteiger partial charge >= 0.3 is 5.97 Å². The SMILES string of the molecule is COc1ccc(OCc2ccncc2)c(C=CC(=O)O)c1. The molecular weight excluding hydrogens is 270 g/mol. The second-order valence-corrected chi connectivity index (χ2v) is 4.22. The smallest absolute Gasteiger partial charge is 0.328 e. The minimum Gasteiger partial charge on any atom is -0.497 e. The Morgan fingerprint density at radius 1 is 1.29 bits per heavy atom. The summed E-state index contributed by atoms with van der Waals surface area (Å²) in [6.45, 7) is 0.378. The van der Waals surface area contributed by atoms with E-state index in [1.165, 1.54) is 6.08 Å². The van der Waals surface area contributed by atoms with Crippen molar-refractivity contribution in [3.05, 3.63) is 59.9 Å². The Balaban J connectivity index is 2.19. The molecule has 1 heterocycles. The minimum absolute atomic E-state index is 0.378. The van der Waals surface area contributed by atoms with E-state index in [0.29, 0.717) is 23.7 Å². The van der Waals surface area contributed by atoms with Crippen molar-refractivity contribution < 1.29 is 19.4 Å². The number of aliphatic carboxylic acids is 1. The maximum atomic E-state index is 10.7. The van der Waals surface area contributed by atoms with Gasteiger partial charge in [0.2, 0.25) is 0 Å². The van der Waals surface area contributed by atoms with Gasteiger partial charge in [0, 0.05) is 24.0 Å². The first kappa shape index (κ1) is 14.6. The predicted molar refractivity (Wildman–Crippen MR) is 78.2 cm³/mol. The van der Waals surface area contributed by atoms with Gasteiger partial charge in [0.05, 0.1) is 7.11 Å². The van der Waals surface area contributed by atoms with E-state index in [9.17, 15) is 4.79 Å². The van der Waals surface area contributed by atoms with E-state index in [4.69, 9.17) is 14.6 Å². The number of methoxy groups -OCH3 is 1. The molecule has 5 heteroatoms. The van der Waals surface area contributed by atoms with Gasteiger partial charge in [-0.3, -0.25) is 4.98 Å². The number of aromatic nitrogens is 1. The third-order valence-corrected chi connectivity index (χ3v) is 2.77. The van der Waals surface area contributed by atoms with Crippen LogP contribution in [-0.2, 0) is 11.4 Å². The number of pyridine rings is 1. The number of rotatable bonds is 6. The molecule has 0 spiro atoms. The van der Waals surface area contributed by atoms with E-state index < -0.39 is 5.97 Å². The lowest BCUT2D eigenvalue weighted by molar-refractivity contribution is -0.131. The van der Waals surface area contributed by atoms with Crippen LogP contribution in [0.4, 0.5) is 0 Å². The monoisotopic (exact) mass is 285 g/mol. The molecule has 1 aromatic carbocycles. The maximum absolute atomic E-state index is 10.7. The molecule has 0 saturated carbocycles. The van der Waals surface area contributed by atoms with Crippen LogP contribution in [0.1, 0.15) is 11.1 Å². The lowest BCUT2D eigenvalue weighted by atomic mass is 10.1. The summed E-state index contributed by atoms with van der Waals surface area (Å²) in [5.41, 5.74) is 1.62. The first-order valence-electron chi connectivity index (χ1n) is 6.30. The van der Waals surface area contributed by atoms with Crippen LogP contribution in [0.15, 0.2) is 48.8 Å². The average molecular weight is 285 g/mol. The zero-order valence-electron chi connectivity index (χ0n) is 11.5. The number of carbonyl (C=O) groups is 1. The summed E-state index contributed by atoms with van der Waals surface area (Å²) < 4.78 is 10.9. The molecule has 1 N–H and O–H groups in total. The molecule has 0 saturated heterocycles. The van der Waals surface area contributed by atoms with Crippen molar-refractivity contribution in [2.24, 2.45) is 0 Å². The van der Waals surface area contributed by atoms with Crippen molar-refractivity contribution in [1.82, 2.24) is 4.98 Å². The van der Waals surface area contributed by atoms with Gasteiger partial charge in [-0.2, -0.15) is 0 Å². The molecule has 0 aliphatic rings. The molecule has 2 aromatic rings. The Bertz CT molecular complexity index is 638. The number of hydrogen-bond donors (Lipinski definition) is 1. The first-order valence-corrected chi connectivity index (χ1v) is 6.30. The molecule has 0 radical (unpaired) electrons. The molecule has 21 heavy (non-hydrogen) atoms. The summed E-state index contributed by atoms with van der Waals surface area (Å²) in [4.78, 5) is 14.6. The largest absolute Gasteiger partial charge is 0.497 e. The first-order chi connectivity index (χ1) is 10.2. The summed E-state index contributed by atoms with van der Waals surface area (Å²) in [7, 11) is 1.55. The van der Waals surface area contributed by atoms with Crippen LogP contribution in [0.25, 0.3) is 6.08 Å². The minimum atomic E-state index is -1.02. The van der Waals surface area contributed by atoms with Crippen molar-refractivity contribution in [2.45, 2.75) is 6.61 Å². The highest BCUT2D eigenvalue weighted by Gasteiger charge is 2.04. The standard InChI is InChI=1S/C16H15NO4/c1-20-14-3-4-15(13(10-14)2-5-16(18)19)21-11-12-6-8-17-9-7-12/h2-10H,11H2,1H3,(H,18,19). The van der Waals surface area contributed by atoms with Crippen LogP contribution < -0.4 is 9.47 Å². The van der Waals surface area contributed by atoms with Gasteiger partial charge in [0.15, 0.2) is 0 Å². The highest BCUT2D eigenvalue weighted by atomic mass is 16.5. The quantitative estimate of drug-likeness (QED) is 0.826. The van der Waals surface area contributed by atoms with E-state index in [2.05, 4.69) is 4.98 Å². The van der Waals surface area contributed by atoms with Crippen molar-refractivity contribution in [3.63, 3.8) is 0 Å². The number of ether oxygens (including phenoxy) is 2. The van der Waals surface area contributed by atoms with Gasteiger partial charge < -0.3 is 14.6 Å². The second-order valence-electron chi connectivity index (χ2n) is 4.22. The van der Waals surface area contributed by atoms with Gasteiger partial charge in [0.25, 0.3) is 0 Å². The van der Waals surface area contributed by atoms with E-state index in [1.807, 2.05) is 12.1 Å². The van der Waals surface area contributed by atoms with E-state index >= 15 is 0 Å². The molecule has 0 amide bonds.